The summed E-state index contributed by atoms with van der Waals surface area (Å²) in [4.78, 5) is 27.0. The van der Waals surface area contributed by atoms with Gasteiger partial charge in [0.2, 0.25) is 5.91 Å². The molecule has 0 atom stereocenters. The molecule has 2 aliphatic rings. The Hall–Kier alpha value is -2.57. The van der Waals surface area contributed by atoms with Gasteiger partial charge in [-0.25, -0.2) is 9.97 Å². The summed E-state index contributed by atoms with van der Waals surface area (Å²) in [6, 6.07) is 10.4. The number of carbonyl (C=O) groups excluding carboxylic acids is 1. The second-order valence-corrected chi connectivity index (χ2v) is 8.97. The van der Waals surface area contributed by atoms with Crippen LogP contribution in [0.1, 0.15) is 36.2 Å². The summed E-state index contributed by atoms with van der Waals surface area (Å²) < 4.78 is 5.09. The summed E-state index contributed by atoms with van der Waals surface area (Å²) in [5, 5.41) is 0. The molecule has 0 N–H and O–H groups in total. The number of methoxy groups -OCH3 is 1. The van der Waals surface area contributed by atoms with E-state index in [4.69, 9.17) is 4.74 Å². The van der Waals surface area contributed by atoms with E-state index in [0.29, 0.717) is 12.5 Å². The third-order valence-corrected chi connectivity index (χ3v) is 6.76. The van der Waals surface area contributed by atoms with E-state index in [0.717, 1.165) is 76.2 Å². The molecule has 1 aromatic carbocycles. The van der Waals surface area contributed by atoms with E-state index in [9.17, 15) is 4.79 Å². The number of aromatic nitrogens is 2. The Morgan fingerprint density at radius 1 is 1.00 bits per heavy atom. The van der Waals surface area contributed by atoms with Gasteiger partial charge in [0.25, 0.3) is 0 Å². The van der Waals surface area contributed by atoms with Crippen molar-refractivity contribution in [2.24, 2.45) is 5.41 Å². The van der Waals surface area contributed by atoms with E-state index >= 15 is 0 Å². The Kier molecular flexibility index (Phi) is 7.66. The predicted molar refractivity (Wildman–Crippen MR) is 125 cm³/mol. The molecule has 1 amide bonds. The van der Waals surface area contributed by atoms with Gasteiger partial charge in [-0.1, -0.05) is 42.5 Å². The zero-order valence-electron chi connectivity index (χ0n) is 19.1. The first-order chi connectivity index (χ1) is 15.7. The number of rotatable bonds is 8. The lowest BCUT2D eigenvalue weighted by Crippen LogP contribution is -2.49. The van der Waals surface area contributed by atoms with Crippen molar-refractivity contribution in [3.63, 3.8) is 0 Å². The highest BCUT2D eigenvalue weighted by Crippen LogP contribution is 2.39. The van der Waals surface area contributed by atoms with Crippen LogP contribution in [0.2, 0.25) is 0 Å². The summed E-state index contributed by atoms with van der Waals surface area (Å²) in [7, 11) is 1.69. The molecule has 0 bridgehead atoms. The fourth-order valence-electron chi connectivity index (χ4n) is 4.72. The highest BCUT2D eigenvalue weighted by molar-refractivity contribution is 5.83. The van der Waals surface area contributed by atoms with Gasteiger partial charge >= 0.3 is 0 Å². The molecule has 170 valence electrons. The Morgan fingerprint density at radius 2 is 1.75 bits per heavy atom. The van der Waals surface area contributed by atoms with Gasteiger partial charge in [0.1, 0.15) is 5.82 Å². The van der Waals surface area contributed by atoms with Crippen LogP contribution in [0.15, 0.2) is 54.9 Å². The molecular weight excluding hydrogens is 400 g/mol. The first-order valence-corrected chi connectivity index (χ1v) is 11.7. The van der Waals surface area contributed by atoms with Crippen molar-refractivity contribution in [1.82, 2.24) is 19.8 Å². The molecule has 6 nitrogen and oxygen atoms in total. The van der Waals surface area contributed by atoms with Crippen molar-refractivity contribution in [1.29, 1.82) is 0 Å². The van der Waals surface area contributed by atoms with Crippen molar-refractivity contribution in [3.8, 4) is 0 Å². The SMILES string of the molecule is COCCc1ncc(CN2CCC3(CC=CCN(CCc4ccccc4)C3=O)CC2)cn1. The molecule has 6 heteroatoms. The van der Waals surface area contributed by atoms with Crippen molar-refractivity contribution >= 4 is 5.91 Å². The Labute approximate surface area is 191 Å². The summed E-state index contributed by atoms with van der Waals surface area (Å²) in [6.07, 6.45) is 12.6. The van der Waals surface area contributed by atoms with Crippen LogP contribution in [0.4, 0.5) is 0 Å². The van der Waals surface area contributed by atoms with Crippen LogP contribution in [-0.4, -0.2) is 65.6 Å². The number of piperidine rings is 1. The first kappa shape index (κ1) is 22.6. The maximum absolute atomic E-state index is 13.6. The van der Waals surface area contributed by atoms with E-state index in [1.165, 1.54) is 5.56 Å². The molecule has 0 aliphatic carbocycles. The molecule has 2 aromatic rings. The average Bonchev–Trinajstić information content (AvgIpc) is 2.98. The van der Waals surface area contributed by atoms with Gasteiger partial charge in [-0.15, -0.1) is 0 Å². The largest absolute Gasteiger partial charge is 0.384 e. The highest BCUT2D eigenvalue weighted by Gasteiger charge is 2.43. The summed E-state index contributed by atoms with van der Waals surface area (Å²) in [6.45, 7) is 4.84. The molecular formula is C26H34N4O2. The maximum Gasteiger partial charge on any atom is 0.229 e. The maximum atomic E-state index is 13.6. The standard InChI is InChI=1S/C26H34N4O2/c1-32-18-10-24-27-19-23(20-28-24)21-29-16-12-26(13-17-29)11-5-6-14-30(25(26)31)15-9-22-7-3-2-4-8-22/h2-8,19-20H,9-18,21H2,1H3. The summed E-state index contributed by atoms with van der Waals surface area (Å²) >= 11 is 0. The smallest absolute Gasteiger partial charge is 0.229 e. The van der Waals surface area contributed by atoms with E-state index < -0.39 is 0 Å². The van der Waals surface area contributed by atoms with Crippen LogP contribution in [0.25, 0.3) is 0 Å². The molecule has 0 radical (unpaired) electrons. The third-order valence-electron chi connectivity index (χ3n) is 6.76. The number of nitrogens with zero attached hydrogens (tertiary/aromatic N) is 4. The number of allylic oxidation sites excluding steroid dienone is 1. The third kappa shape index (κ3) is 5.61. The first-order valence-electron chi connectivity index (χ1n) is 11.7. The topological polar surface area (TPSA) is 58.6 Å². The van der Waals surface area contributed by atoms with Gasteiger partial charge in [0.05, 0.1) is 12.0 Å². The molecule has 0 unspecified atom stereocenters. The fourth-order valence-corrected chi connectivity index (χ4v) is 4.72. The van der Waals surface area contributed by atoms with Gasteiger partial charge in [0, 0.05) is 51.1 Å². The predicted octanol–water partition coefficient (Wildman–Crippen LogP) is 3.28. The number of hydrogen-bond donors (Lipinski definition) is 0. The summed E-state index contributed by atoms with van der Waals surface area (Å²) in [5.41, 5.74) is 2.16. The number of hydrogen-bond acceptors (Lipinski definition) is 5. The highest BCUT2D eigenvalue weighted by atomic mass is 16.5. The van der Waals surface area contributed by atoms with Crippen LogP contribution in [0.5, 0.6) is 0 Å². The molecule has 1 saturated heterocycles. The monoisotopic (exact) mass is 434 g/mol. The van der Waals surface area contributed by atoms with Gasteiger partial charge in [-0.2, -0.15) is 0 Å². The molecule has 32 heavy (non-hydrogen) atoms. The summed E-state index contributed by atoms with van der Waals surface area (Å²) in [5.74, 6) is 1.16. The van der Waals surface area contributed by atoms with Crippen LogP contribution in [-0.2, 0) is 28.9 Å². The van der Waals surface area contributed by atoms with Crippen LogP contribution in [0, 0.1) is 5.41 Å². The molecule has 0 saturated carbocycles. The molecule has 1 fully saturated rings. The van der Waals surface area contributed by atoms with Crippen LogP contribution < -0.4 is 0 Å². The van der Waals surface area contributed by atoms with Crippen molar-refractivity contribution in [2.45, 2.75) is 38.6 Å². The molecule has 4 rings (SSSR count). The molecule has 3 heterocycles. The Balaban J connectivity index is 1.32. The second kappa shape index (κ2) is 10.8. The number of amides is 1. The molecule has 1 aromatic heterocycles. The van der Waals surface area contributed by atoms with Gasteiger partial charge in [-0.05, 0) is 44.3 Å². The van der Waals surface area contributed by atoms with Crippen molar-refractivity contribution < 1.29 is 9.53 Å². The van der Waals surface area contributed by atoms with Gasteiger partial charge < -0.3 is 9.64 Å². The second-order valence-electron chi connectivity index (χ2n) is 8.97. The van der Waals surface area contributed by atoms with Crippen molar-refractivity contribution in [2.75, 3.05) is 39.9 Å². The average molecular weight is 435 g/mol. The minimum atomic E-state index is -0.249. The van der Waals surface area contributed by atoms with E-state index in [2.05, 4.69) is 56.2 Å². The minimum Gasteiger partial charge on any atom is -0.384 e. The fraction of sp³-hybridized carbons (Fsp3) is 0.500. The van der Waals surface area contributed by atoms with Crippen molar-refractivity contribution in [3.05, 3.63) is 71.8 Å². The zero-order chi connectivity index (χ0) is 22.2. The van der Waals surface area contributed by atoms with Crippen LogP contribution in [0.3, 0.4) is 0 Å². The number of ether oxygens (including phenoxy) is 1. The minimum absolute atomic E-state index is 0.249. The molecule has 2 aliphatic heterocycles. The lowest BCUT2D eigenvalue weighted by Gasteiger charge is -2.42. The number of likely N-dealkylation sites (tertiary alicyclic amines) is 1. The van der Waals surface area contributed by atoms with Gasteiger partial charge in [0.15, 0.2) is 0 Å². The van der Waals surface area contributed by atoms with E-state index in [1.54, 1.807) is 7.11 Å². The zero-order valence-corrected chi connectivity index (χ0v) is 19.1. The Bertz CT molecular complexity index is 890. The molecule has 1 spiro atoms. The van der Waals surface area contributed by atoms with E-state index in [1.807, 2.05) is 18.5 Å². The Morgan fingerprint density at radius 3 is 2.47 bits per heavy atom. The normalized spacial score (nSPS) is 18.8. The van der Waals surface area contributed by atoms with E-state index in [-0.39, 0.29) is 5.41 Å². The van der Waals surface area contributed by atoms with Crippen LogP contribution >= 0.6 is 0 Å². The lowest BCUT2D eigenvalue weighted by molar-refractivity contribution is -0.144. The number of carbonyl (C=O) groups is 1. The quantitative estimate of drug-likeness (QED) is 0.597. The van der Waals surface area contributed by atoms with Gasteiger partial charge in [-0.3, -0.25) is 9.69 Å². The lowest BCUT2D eigenvalue weighted by atomic mass is 9.74. The number of benzene rings is 1.